The van der Waals surface area contributed by atoms with Gasteiger partial charge in [-0.1, -0.05) is 0 Å². The predicted molar refractivity (Wildman–Crippen MR) is 143 cm³/mol. The highest BCUT2D eigenvalue weighted by atomic mass is 31.2. The number of aliphatic imine (C=N–C) groups is 1. The van der Waals surface area contributed by atoms with Gasteiger partial charge in [-0.3, -0.25) is 38.2 Å². The van der Waals surface area contributed by atoms with E-state index in [1.807, 2.05) is 0 Å². The molecule has 1 amide bonds. The first kappa shape index (κ1) is 30.4. The molecule has 3 fully saturated rings. The first-order valence-corrected chi connectivity index (χ1v) is 16.2. The number of nitrogens with zero attached hydrogens (tertiary/aromatic N) is 6. The van der Waals surface area contributed by atoms with Crippen LogP contribution in [0, 0.1) is 11.3 Å². The number of ether oxygens (including phenoxy) is 2. The van der Waals surface area contributed by atoms with Gasteiger partial charge in [0.05, 0.1) is 19.5 Å². The van der Waals surface area contributed by atoms with Gasteiger partial charge in [-0.2, -0.15) is 4.99 Å². The predicted octanol–water partition coefficient (Wildman–Crippen LogP) is -2.32. The molecule has 24 heteroatoms. The molecule has 45 heavy (non-hydrogen) atoms. The second-order valence-corrected chi connectivity index (χ2v) is 13.2. The van der Waals surface area contributed by atoms with Gasteiger partial charge in [-0.15, -0.1) is 0 Å². The SMILES string of the molecule is N=C1N=C2C(C=CN2[C@@H]2OC3COP(=O)(O)O[C@@H]4C(COP(=O)(O)O[C@@H]2[C@@H]3O)O[C@@H](n2cnc3c(N)ncnc32)[C@@H]4O)C(=O)N1. The van der Waals surface area contributed by atoms with Crippen molar-refractivity contribution in [3.05, 3.63) is 24.9 Å². The number of amidine groups is 1. The molecular weight excluding hydrogens is 648 g/mol. The van der Waals surface area contributed by atoms with Crippen LogP contribution in [-0.2, 0) is 41.5 Å². The third kappa shape index (κ3) is 5.37. The number of imidazole rings is 1. The van der Waals surface area contributed by atoms with E-state index in [0.29, 0.717) is 0 Å². The Hall–Kier alpha value is -3.24. The standard InChI is InChI=1S/C21H25N9O13P2/c22-15-10-17(25-5-24-15)30(6-26-10)19-12(32)13-9(41-19)4-39-45(36,37)43-14-11(31)8(3-38-44(34,35)42-13)40-20(14)29-2-1-7-16(29)27-21(23)28-18(7)33/h1-2,5-9,11-14,19-20,31-32H,3-4H2,(H,34,35)(H,36,37)(H2,22,24,25)(H2,23,28,33)/t7?,8?,9?,11-,12-,13-,14-,19-,20-/m1/s1. The highest BCUT2D eigenvalue weighted by molar-refractivity contribution is 7.47. The topological polar surface area (TPSA) is 309 Å². The van der Waals surface area contributed by atoms with Crippen molar-refractivity contribution in [3.8, 4) is 0 Å². The van der Waals surface area contributed by atoms with Gasteiger partial charge in [0, 0.05) is 6.20 Å². The molecule has 7 rings (SSSR count). The second-order valence-electron chi connectivity index (χ2n) is 10.4. The summed E-state index contributed by atoms with van der Waals surface area (Å²) in [7, 11) is -10.2. The Balaban J connectivity index is 1.17. The largest absolute Gasteiger partial charge is 0.472 e. The van der Waals surface area contributed by atoms with Crippen LogP contribution < -0.4 is 11.1 Å². The third-order valence-corrected chi connectivity index (χ3v) is 9.57. The van der Waals surface area contributed by atoms with Gasteiger partial charge >= 0.3 is 15.6 Å². The first-order valence-electron chi connectivity index (χ1n) is 13.2. The highest BCUT2D eigenvalue weighted by Crippen LogP contribution is 2.53. The summed E-state index contributed by atoms with van der Waals surface area (Å²) >= 11 is 0. The molecule has 7 heterocycles. The van der Waals surface area contributed by atoms with E-state index in [2.05, 4.69) is 25.3 Å². The van der Waals surface area contributed by atoms with Gasteiger partial charge in [0.2, 0.25) is 11.9 Å². The number of phosphoric acid groups is 2. The molecule has 2 aromatic rings. The lowest BCUT2D eigenvalue weighted by molar-refractivity contribution is -0.121. The van der Waals surface area contributed by atoms with Crippen LogP contribution in [0.3, 0.4) is 0 Å². The van der Waals surface area contributed by atoms with E-state index in [9.17, 15) is 33.9 Å². The summed E-state index contributed by atoms with van der Waals surface area (Å²) in [6.45, 7) is -1.63. The van der Waals surface area contributed by atoms with Gasteiger partial charge < -0.3 is 40.1 Å². The van der Waals surface area contributed by atoms with Crippen LogP contribution >= 0.6 is 15.6 Å². The van der Waals surface area contributed by atoms with Gasteiger partial charge in [0.1, 0.15) is 60.2 Å². The highest BCUT2D eigenvalue weighted by Gasteiger charge is 2.55. The fourth-order valence-corrected chi connectivity index (χ4v) is 7.45. The van der Waals surface area contributed by atoms with Crippen LogP contribution in [0.5, 0.6) is 0 Å². The summed E-state index contributed by atoms with van der Waals surface area (Å²) in [6.07, 6.45) is -7.38. The number of amides is 1. The van der Waals surface area contributed by atoms with Crippen LogP contribution in [0.15, 0.2) is 29.9 Å². The third-order valence-electron chi connectivity index (χ3n) is 7.60. The van der Waals surface area contributed by atoms with Crippen LogP contribution in [0.25, 0.3) is 11.2 Å². The monoisotopic (exact) mass is 673 g/mol. The zero-order valence-electron chi connectivity index (χ0n) is 22.5. The Morgan fingerprint density at radius 1 is 0.978 bits per heavy atom. The number of nitrogens with two attached hydrogens (primary N) is 1. The Kier molecular flexibility index (Phi) is 7.39. The van der Waals surface area contributed by atoms with Crippen molar-refractivity contribution in [2.45, 2.75) is 49.1 Å². The number of hydrogen-bond acceptors (Lipinski definition) is 17. The summed E-state index contributed by atoms with van der Waals surface area (Å²) < 4.78 is 60.0. The second kappa shape index (κ2) is 10.9. The molecule has 0 radical (unpaired) electrons. The van der Waals surface area contributed by atoms with Crippen molar-refractivity contribution < 1.29 is 61.5 Å². The maximum atomic E-state index is 13.2. The Bertz CT molecular complexity index is 1720. The lowest BCUT2D eigenvalue weighted by atomic mass is 10.1. The molecule has 22 nitrogen and oxygen atoms in total. The molecule has 0 aliphatic carbocycles. The fraction of sp³-hybridized carbons (Fsp3) is 0.524. The number of aromatic nitrogens is 4. The number of rotatable bonds is 2. The number of phosphoric ester groups is 2. The van der Waals surface area contributed by atoms with Gasteiger partial charge in [-0.05, 0) is 6.08 Å². The maximum Gasteiger partial charge on any atom is 0.472 e. The Morgan fingerprint density at radius 3 is 2.42 bits per heavy atom. The summed E-state index contributed by atoms with van der Waals surface area (Å²) in [4.78, 5) is 50.9. The number of carbonyl (C=O) groups is 1. The van der Waals surface area contributed by atoms with Crippen molar-refractivity contribution in [1.29, 1.82) is 5.41 Å². The number of hydrogen-bond donors (Lipinski definition) is 7. The van der Waals surface area contributed by atoms with E-state index in [0.717, 1.165) is 6.33 Å². The first-order chi connectivity index (χ1) is 21.3. The Labute approximate surface area is 251 Å². The van der Waals surface area contributed by atoms with E-state index in [4.69, 9.17) is 38.7 Å². The smallest absolute Gasteiger partial charge is 0.387 e. The lowest BCUT2D eigenvalue weighted by Gasteiger charge is -2.32. The van der Waals surface area contributed by atoms with Crippen LogP contribution in [0.1, 0.15) is 6.23 Å². The van der Waals surface area contributed by atoms with Crippen LogP contribution in [-0.4, -0.2) is 118 Å². The number of aliphatic hydroxyl groups excluding tert-OH is 2. The van der Waals surface area contributed by atoms with E-state index < -0.39 is 95.7 Å². The molecule has 11 atom stereocenters. The van der Waals surface area contributed by atoms with Crippen molar-refractivity contribution >= 4 is 50.3 Å². The number of anilines is 1. The molecule has 0 aromatic carbocycles. The number of fused-ring (bicyclic) bond motifs is 5. The molecule has 2 aromatic heterocycles. The fourth-order valence-electron chi connectivity index (χ4n) is 5.55. The minimum atomic E-state index is -5.10. The van der Waals surface area contributed by atoms with Gasteiger partial charge in [0.25, 0.3) is 0 Å². The number of guanidine groups is 1. The lowest BCUT2D eigenvalue weighted by Crippen LogP contribution is -2.50. The van der Waals surface area contributed by atoms with Crippen molar-refractivity contribution in [3.63, 3.8) is 0 Å². The summed E-state index contributed by atoms with van der Waals surface area (Å²) in [5, 5.41) is 32.2. The zero-order valence-corrected chi connectivity index (χ0v) is 24.3. The molecular formula is C21H25N9O13P2. The van der Waals surface area contributed by atoms with E-state index in [-0.39, 0.29) is 22.8 Å². The molecule has 0 saturated carbocycles. The van der Waals surface area contributed by atoms with Gasteiger partial charge in [0.15, 0.2) is 23.9 Å². The molecule has 5 unspecified atom stereocenters. The minimum absolute atomic E-state index is 0.00312. The van der Waals surface area contributed by atoms with Crippen molar-refractivity contribution in [2.24, 2.45) is 10.9 Å². The van der Waals surface area contributed by atoms with E-state index >= 15 is 0 Å². The minimum Gasteiger partial charge on any atom is -0.387 e. The normalized spacial score (nSPS) is 42.0. The number of aliphatic hydroxyl groups is 2. The average Bonchev–Trinajstić information content (AvgIpc) is 3.72. The molecule has 5 aliphatic heterocycles. The summed E-state index contributed by atoms with van der Waals surface area (Å²) in [5.74, 6) is -1.94. The van der Waals surface area contributed by atoms with Crippen molar-refractivity contribution in [2.75, 3.05) is 18.9 Å². The van der Waals surface area contributed by atoms with E-state index in [1.165, 1.54) is 28.1 Å². The molecule has 2 bridgehead atoms. The summed E-state index contributed by atoms with van der Waals surface area (Å²) in [6, 6.07) is 0. The van der Waals surface area contributed by atoms with Gasteiger partial charge in [-0.25, -0.2) is 24.1 Å². The molecule has 0 spiro atoms. The van der Waals surface area contributed by atoms with Crippen LogP contribution in [0.4, 0.5) is 5.82 Å². The molecule has 8 N–H and O–H groups in total. The van der Waals surface area contributed by atoms with Crippen molar-refractivity contribution in [1.82, 2.24) is 29.7 Å². The maximum absolute atomic E-state index is 13.2. The molecule has 3 saturated heterocycles. The number of carbonyl (C=O) groups excluding carboxylic acids is 1. The average molecular weight is 673 g/mol. The number of nitrogens with one attached hydrogen (secondary N) is 2. The zero-order chi connectivity index (χ0) is 31.8. The quantitative estimate of drug-likeness (QED) is 0.165. The molecule has 5 aliphatic rings. The summed E-state index contributed by atoms with van der Waals surface area (Å²) in [5.41, 5.74) is 6.15. The molecule has 242 valence electrons. The van der Waals surface area contributed by atoms with E-state index in [1.54, 1.807) is 0 Å². The Morgan fingerprint density at radius 2 is 1.67 bits per heavy atom. The van der Waals surface area contributed by atoms with Crippen LogP contribution in [0.2, 0.25) is 0 Å². The number of nitrogen functional groups attached to an aromatic ring is 1.